The van der Waals surface area contributed by atoms with Gasteiger partial charge < -0.3 is 10.4 Å². The predicted molar refractivity (Wildman–Crippen MR) is 58.7 cm³/mol. The lowest BCUT2D eigenvalue weighted by Gasteiger charge is -2.04. The third-order valence-corrected chi connectivity index (χ3v) is 1.90. The fourth-order valence-corrected chi connectivity index (χ4v) is 1.19. The van der Waals surface area contributed by atoms with Crippen molar-refractivity contribution in [2.75, 3.05) is 5.32 Å². The van der Waals surface area contributed by atoms with E-state index in [1.165, 1.54) is 12.3 Å². The Hall–Kier alpha value is -2.43. The van der Waals surface area contributed by atoms with Gasteiger partial charge in [-0.3, -0.25) is 0 Å². The molecule has 5 nitrogen and oxygen atoms in total. The highest BCUT2D eigenvalue weighted by Gasteiger charge is 2.05. The van der Waals surface area contributed by atoms with Crippen LogP contribution < -0.4 is 5.32 Å². The first-order valence-corrected chi connectivity index (χ1v) is 4.64. The number of aromatic nitrogens is 2. The maximum Gasteiger partial charge on any atom is 0.354 e. The van der Waals surface area contributed by atoms with E-state index in [0.717, 1.165) is 5.69 Å². The van der Waals surface area contributed by atoms with E-state index in [4.69, 9.17) is 5.11 Å². The van der Waals surface area contributed by atoms with Gasteiger partial charge in [-0.2, -0.15) is 0 Å². The monoisotopic (exact) mass is 215 g/mol. The lowest BCUT2D eigenvalue weighted by molar-refractivity contribution is 0.0690. The van der Waals surface area contributed by atoms with Gasteiger partial charge in [0.05, 0.1) is 0 Å². The van der Waals surface area contributed by atoms with Gasteiger partial charge >= 0.3 is 5.97 Å². The van der Waals surface area contributed by atoms with Gasteiger partial charge in [-0.05, 0) is 18.2 Å². The zero-order valence-electron chi connectivity index (χ0n) is 8.29. The minimum absolute atomic E-state index is 0.0339. The summed E-state index contributed by atoms with van der Waals surface area (Å²) in [4.78, 5) is 18.5. The lowest BCUT2D eigenvalue weighted by atomic mass is 10.3. The van der Waals surface area contributed by atoms with Crippen LogP contribution in [-0.2, 0) is 0 Å². The predicted octanol–water partition coefficient (Wildman–Crippen LogP) is 1.92. The highest BCUT2D eigenvalue weighted by Crippen LogP contribution is 2.11. The van der Waals surface area contributed by atoms with Crippen molar-refractivity contribution in [1.82, 2.24) is 9.97 Å². The van der Waals surface area contributed by atoms with Crippen LogP contribution in [0.4, 0.5) is 11.6 Å². The Morgan fingerprint density at radius 3 is 2.62 bits per heavy atom. The second-order valence-corrected chi connectivity index (χ2v) is 3.06. The number of hydrogen-bond acceptors (Lipinski definition) is 4. The number of aromatic carboxylic acids is 1. The Labute approximate surface area is 91.8 Å². The molecule has 2 rings (SSSR count). The Balaban J connectivity index is 2.22. The van der Waals surface area contributed by atoms with Gasteiger partial charge in [0.25, 0.3) is 0 Å². The molecule has 1 aromatic carbocycles. The fourth-order valence-electron chi connectivity index (χ4n) is 1.19. The first kappa shape index (κ1) is 10.1. The summed E-state index contributed by atoms with van der Waals surface area (Å²) in [6, 6.07) is 10.7. The van der Waals surface area contributed by atoms with Crippen molar-refractivity contribution < 1.29 is 9.90 Å². The van der Waals surface area contributed by atoms with E-state index >= 15 is 0 Å². The SMILES string of the molecule is O=C(O)c1ccnc(Nc2ccccc2)n1. The summed E-state index contributed by atoms with van der Waals surface area (Å²) in [6.07, 6.45) is 1.40. The fraction of sp³-hybridized carbons (Fsp3) is 0. The minimum atomic E-state index is -1.07. The molecule has 0 unspecified atom stereocenters. The first-order valence-electron chi connectivity index (χ1n) is 4.64. The first-order chi connectivity index (χ1) is 7.75. The number of anilines is 2. The highest BCUT2D eigenvalue weighted by molar-refractivity contribution is 5.85. The molecule has 0 saturated heterocycles. The molecule has 5 heteroatoms. The maximum absolute atomic E-state index is 10.7. The van der Waals surface area contributed by atoms with Crippen LogP contribution >= 0.6 is 0 Å². The molecule has 0 atom stereocenters. The van der Waals surface area contributed by atoms with Crippen LogP contribution in [0.15, 0.2) is 42.6 Å². The molecule has 80 valence electrons. The van der Waals surface area contributed by atoms with Crippen molar-refractivity contribution in [3.63, 3.8) is 0 Å². The quantitative estimate of drug-likeness (QED) is 0.818. The van der Waals surface area contributed by atoms with Crippen molar-refractivity contribution >= 4 is 17.6 Å². The van der Waals surface area contributed by atoms with Crippen molar-refractivity contribution in [2.45, 2.75) is 0 Å². The molecule has 0 radical (unpaired) electrons. The molecular formula is C11H9N3O2. The molecule has 0 amide bonds. The molecule has 1 aromatic heterocycles. The van der Waals surface area contributed by atoms with Crippen molar-refractivity contribution in [1.29, 1.82) is 0 Å². The van der Waals surface area contributed by atoms with Gasteiger partial charge in [0.2, 0.25) is 5.95 Å². The standard InChI is InChI=1S/C11H9N3O2/c15-10(16)9-6-7-12-11(14-9)13-8-4-2-1-3-5-8/h1-7H,(H,15,16)(H,12,13,14). The summed E-state index contributed by atoms with van der Waals surface area (Å²) in [6.45, 7) is 0. The summed E-state index contributed by atoms with van der Waals surface area (Å²) in [7, 11) is 0. The van der Waals surface area contributed by atoms with Crippen LogP contribution in [0, 0.1) is 0 Å². The number of rotatable bonds is 3. The summed E-state index contributed by atoms with van der Waals surface area (Å²) in [5.74, 6) is -0.801. The largest absolute Gasteiger partial charge is 0.477 e. The molecule has 0 aliphatic heterocycles. The van der Waals surface area contributed by atoms with E-state index in [2.05, 4.69) is 15.3 Å². The average molecular weight is 215 g/mol. The van der Waals surface area contributed by atoms with E-state index in [1.807, 2.05) is 30.3 Å². The number of carboxylic acid groups (broad SMARTS) is 1. The van der Waals surface area contributed by atoms with Crippen molar-refractivity contribution in [2.24, 2.45) is 0 Å². The maximum atomic E-state index is 10.7. The van der Waals surface area contributed by atoms with Gasteiger partial charge in [0.1, 0.15) is 0 Å². The van der Waals surface area contributed by atoms with Crippen LogP contribution in [0.5, 0.6) is 0 Å². The van der Waals surface area contributed by atoms with Gasteiger partial charge in [0, 0.05) is 11.9 Å². The second-order valence-electron chi connectivity index (χ2n) is 3.06. The molecule has 0 bridgehead atoms. The number of carbonyl (C=O) groups is 1. The number of hydrogen-bond donors (Lipinski definition) is 2. The zero-order valence-corrected chi connectivity index (χ0v) is 8.29. The molecule has 16 heavy (non-hydrogen) atoms. The van der Waals surface area contributed by atoms with Crippen LogP contribution in [0.25, 0.3) is 0 Å². The van der Waals surface area contributed by atoms with Crippen LogP contribution in [0.2, 0.25) is 0 Å². The third kappa shape index (κ3) is 2.33. The van der Waals surface area contributed by atoms with Gasteiger partial charge in [-0.15, -0.1) is 0 Å². The number of nitrogens with zero attached hydrogens (tertiary/aromatic N) is 2. The minimum Gasteiger partial charge on any atom is -0.477 e. The molecule has 0 aliphatic carbocycles. The Morgan fingerprint density at radius 2 is 1.94 bits per heavy atom. The molecule has 2 N–H and O–H groups in total. The summed E-state index contributed by atoms with van der Waals surface area (Å²) >= 11 is 0. The van der Waals surface area contributed by atoms with Crippen molar-refractivity contribution in [3.8, 4) is 0 Å². The third-order valence-electron chi connectivity index (χ3n) is 1.90. The Kier molecular flexibility index (Phi) is 2.77. The van der Waals surface area contributed by atoms with Crippen molar-refractivity contribution in [3.05, 3.63) is 48.3 Å². The van der Waals surface area contributed by atoms with E-state index in [-0.39, 0.29) is 11.6 Å². The summed E-state index contributed by atoms with van der Waals surface area (Å²) in [5, 5.41) is 11.7. The molecule has 0 spiro atoms. The number of para-hydroxylation sites is 1. The normalized spacial score (nSPS) is 9.75. The smallest absolute Gasteiger partial charge is 0.354 e. The molecule has 1 heterocycles. The number of nitrogens with one attached hydrogen (secondary N) is 1. The molecule has 2 aromatic rings. The highest BCUT2D eigenvalue weighted by atomic mass is 16.4. The van der Waals surface area contributed by atoms with Crippen LogP contribution in [0.3, 0.4) is 0 Å². The van der Waals surface area contributed by atoms with Crippen LogP contribution in [-0.4, -0.2) is 21.0 Å². The van der Waals surface area contributed by atoms with Gasteiger partial charge in [-0.25, -0.2) is 14.8 Å². The number of benzene rings is 1. The molecular weight excluding hydrogens is 206 g/mol. The Bertz CT molecular complexity index is 500. The van der Waals surface area contributed by atoms with Crippen LogP contribution in [0.1, 0.15) is 10.5 Å². The van der Waals surface area contributed by atoms with E-state index in [9.17, 15) is 4.79 Å². The second kappa shape index (κ2) is 4.39. The van der Waals surface area contributed by atoms with E-state index < -0.39 is 5.97 Å². The lowest BCUT2D eigenvalue weighted by Crippen LogP contribution is -2.04. The topological polar surface area (TPSA) is 75.1 Å². The summed E-state index contributed by atoms with van der Waals surface area (Å²) < 4.78 is 0. The zero-order chi connectivity index (χ0) is 11.4. The number of carboxylic acids is 1. The van der Waals surface area contributed by atoms with Gasteiger partial charge in [-0.1, -0.05) is 18.2 Å². The van der Waals surface area contributed by atoms with E-state index in [0.29, 0.717) is 0 Å². The van der Waals surface area contributed by atoms with E-state index in [1.54, 1.807) is 0 Å². The molecule has 0 saturated carbocycles. The Morgan fingerprint density at radius 1 is 1.19 bits per heavy atom. The summed E-state index contributed by atoms with van der Waals surface area (Å²) in [5.41, 5.74) is 0.776. The average Bonchev–Trinajstić information content (AvgIpc) is 2.30. The molecule has 0 fully saturated rings. The van der Waals surface area contributed by atoms with Gasteiger partial charge in [0.15, 0.2) is 5.69 Å². The molecule has 0 aliphatic rings.